The molecule has 0 aliphatic heterocycles. The van der Waals surface area contributed by atoms with Crippen molar-refractivity contribution in [1.29, 1.82) is 0 Å². The summed E-state index contributed by atoms with van der Waals surface area (Å²) in [6.07, 6.45) is 1.89. The topological polar surface area (TPSA) is 115 Å². The summed E-state index contributed by atoms with van der Waals surface area (Å²) in [4.78, 5) is 16.2. The molecule has 158 valence electrons. The predicted molar refractivity (Wildman–Crippen MR) is 106 cm³/mol. The standard InChI is InChI=1S/C20H19F2N3O4S/c1-2-12-3-5-14(10-18(12)30(23,27)28)25-19(26)7-8-20-24-11-17(29-20)15-6-4-13(21)9-16(15)22/h3-6,9-11H,2,7-8H2,1H3,(H,25,26)(H2,23,27,28). The summed E-state index contributed by atoms with van der Waals surface area (Å²) in [6.45, 7) is 1.80. The number of hydrogen-bond donors (Lipinski definition) is 2. The molecular weight excluding hydrogens is 416 g/mol. The van der Waals surface area contributed by atoms with Crippen molar-refractivity contribution in [2.45, 2.75) is 31.1 Å². The van der Waals surface area contributed by atoms with Gasteiger partial charge in [-0.25, -0.2) is 27.3 Å². The maximum absolute atomic E-state index is 13.8. The summed E-state index contributed by atoms with van der Waals surface area (Å²) in [6, 6.07) is 7.58. The molecule has 1 heterocycles. The predicted octanol–water partition coefficient (Wildman–Crippen LogP) is 3.40. The second kappa shape index (κ2) is 8.72. The molecule has 30 heavy (non-hydrogen) atoms. The van der Waals surface area contributed by atoms with Crippen molar-refractivity contribution >= 4 is 21.6 Å². The second-order valence-electron chi connectivity index (χ2n) is 6.51. The molecule has 1 amide bonds. The molecule has 0 spiro atoms. The van der Waals surface area contributed by atoms with Gasteiger partial charge in [0.2, 0.25) is 15.9 Å². The first-order valence-electron chi connectivity index (χ1n) is 9.03. The number of rotatable bonds is 7. The van der Waals surface area contributed by atoms with Crippen LogP contribution in [0.15, 0.2) is 51.9 Å². The van der Waals surface area contributed by atoms with E-state index in [0.717, 1.165) is 12.1 Å². The Balaban J connectivity index is 1.65. The molecule has 0 bridgehead atoms. The van der Waals surface area contributed by atoms with E-state index in [1.165, 1.54) is 18.3 Å². The lowest BCUT2D eigenvalue weighted by atomic mass is 10.1. The number of nitrogens with two attached hydrogens (primary N) is 1. The van der Waals surface area contributed by atoms with Gasteiger partial charge in [0.15, 0.2) is 11.7 Å². The number of primary sulfonamides is 1. The summed E-state index contributed by atoms with van der Waals surface area (Å²) >= 11 is 0. The van der Waals surface area contributed by atoms with Gasteiger partial charge in [0.05, 0.1) is 16.7 Å². The zero-order valence-corrected chi connectivity index (χ0v) is 16.8. The average molecular weight is 435 g/mol. The number of benzene rings is 2. The van der Waals surface area contributed by atoms with Gasteiger partial charge in [-0.15, -0.1) is 0 Å². The highest BCUT2D eigenvalue weighted by Gasteiger charge is 2.16. The largest absolute Gasteiger partial charge is 0.441 e. The van der Waals surface area contributed by atoms with Crippen LogP contribution in [0.4, 0.5) is 14.5 Å². The minimum absolute atomic E-state index is 0.00785. The molecule has 0 aliphatic rings. The smallest absolute Gasteiger partial charge is 0.238 e. The van der Waals surface area contributed by atoms with Gasteiger partial charge in [-0.05, 0) is 36.2 Å². The van der Waals surface area contributed by atoms with Crippen LogP contribution >= 0.6 is 0 Å². The average Bonchev–Trinajstić information content (AvgIpc) is 3.14. The Kier molecular flexibility index (Phi) is 6.28. The maximum atomic E-state index is 13.8. The number of carbonyl (C=O) groups is 1. The van der Waals surface area contributed by atoms with Gasteiger partial charge in [-0.3, -0.25) is 4.79 Å². The number of carbonyl (C=O) groups excluding carboxylic acids is 1. The SMILES string of the molecule is CCc1ccc(NC(=O)CCc2ncc(-c3ccc(F)cc3F)o2)cc1S(N)(=O)=O. The van der Waals surface area contributed by atoms with Crippen molar-refractivity contribution in [3.05, 3.63) is 65.7 Å². The van der Waals surface area contributed by atoms with Crippen LogP contribution in [0.5, 0.6) is 0 Å². The van der Waals surface area contributed by atoms with Crippen molar-refractivity contribution in [2.75, 3.05) is 5.32 Å². The number of hydrogen-bond acceptors (Lipinski definition) is 5. The number of aryl methyl sites for hydroxylation is 2. The normalized spacial score (nSPS) is 11.5. The first-order chi connectivity index (χ1) is 14.2. The molecule has 3 rings (SSSR count). The van der Waals surface area contributed by atoms with Gasteiger partial charge in [0, 0.05) is 24.6 Å². The molecule has 0 radical (unpaired) electrons. The molecule has 0 fully saturated rings. The summed E-state index contributed by atoms with van der Waals surface area (Å²) in [7, 11) is -3.92. The van der Waals surface area contributed by atoms with E-state index in [2.05, 4.69) is 10.3 Å². The lowest BCUT2D eigenvalue weighted by Gasteiger charge is -2.10. The van der Waals surface area contributed by atoms with E-state index < -0.39 is 27.6 Å². The van der Waals surface area contributed by atoms with Gasteiger partial charge in [0.1, 0.15) is 11.6 Å². The zero-order chi connectivity index (χ0) is 21.9. The van der Waals surface area contributed by atoms with Gasteiger partial charge in [0.25, 0.3) is 0 Å². The van der Waals surface area contributed by atoms with Gasteiger partial charge in [-0.2, -0.15) is 0 Å². The third kappa shape index (κ3) is 5.08. The molecule has 0 saturated carbocycles. The van der Waals surface area contributed by atoms with Gasteiger partial charge >= 0.3 is 0 Å². The molecule has 3 N–H and O–H groups in total. The number of anilines is 1. The first kappa shape index (κ1) is 21.6. The summed E-state index contributed by atoms with van der Waals surface area (Å²) in [5, 5.41) is 7.83. The van der Waals surface area contributed by atoms with E-state index in [1.807, 2.05) is 0 Å². The van der Waals surface area contributed by atoms with Crippen LogP contribution < -0.4 is 10.5 Å². The third-order valence-corrected chi connectivity index (χ3v) is 5.35. The Bertz CT molecular complexity index is 1190. The van der Waals surface area contributed by atoms with E-state index in [1.54, 1.807) is 19.1 Å². The summed E-state index contributed by atoms with van der Waals surface area (Å²) in [5.74, 6) is -1.56. The van der Waals surface area contributed by atoms with Crippen LogP contribution in [0.2, 0.25) is 0 Å². The minimum atomic E-state index is -3.92. The molecule has 3 aromatic rings. The summed E-state index contributed by atoms with van der Waals surface area (Å²) < 4.78 is 55.7. The first-order valence-corrected chi connectivity index (χ1v) is 10.6. The van der Waals surface area contributed by atoms with Crippen molar-refractivity contribution in [1.82, 2.24) is 4.98 Å². The fraction of sp³-hybridized carbons (Fsp3) is 0.200. The van der Waals surface area contributed by atoms with Crippen molar-refractivity contribution < 1.29 is 26.4 Å². The van der Waals surface area contributed by atoms with Crippen molar-refractivity contribution in [3.8, 4) is 11.3 Å². The van der Waals surface area contributed by atoms with E-state index in [9.17, 15) is 22.0 Å². The van der Waals surface area contributed by atoms with Crippen LogP contribution in [0.1, 0.15) is 24.8 Å². The Morgan fingerprint density at radius 2 is 1.97 bits per heavy atom. The molecule has 2 aromatic carbocycles. The fourth-order valence-electron chi connectivity index (χ4n) is 2.87. The molecule has 0 saturated heterocycles. The molecular formula is C20H19F2N3O4S. The molecule has 10 heteroatoms. The monoisotopic (exact) mass is 435 g/mol. The minimum Gasteiger partial charge on any atom is -0.441 e. The zero-order valence-electron chi connectivity index (χ0n) is 16.0. The number of oxazole rings is 1. The number of sulfonamides is 1. The molecule has 1 aromatic heterocycles. The number of amides is 1. The van der Waals surface area contributed by atoms with Crippen LogP contribution in [0, 0.1) is 11.6 Å². The summed E-state index contributed by atoms with van der Waals surface area (Å²) in [5.41, 5.74) is 0.907. The number of halogens is 2. The third-order valence-electron chi connectivity index (χ3n) is 4.35. The Morgan fingerprint density at radius 1 is 1.20 bits per heavy atom. The van der Waals surface area contributed by atoms with Gasteiger partial charge in [-0.1, -0.05) is 13.0 Å². The molecule has 0 aliphatic carbocycles. The van der Waals surface area contributed by atoms with E-state index in [0.29, 0.717) is 17.7 Å². The highest BCUT2D eigenvalue weighted by Crippen LogP contribution is 2.25. The Labute approximate surface area is 172 Å². The Hall–Kier alpha value is -3.11. The van der Waals surface area contributed by atoms with Crippen LogP contribution in [0.3, 0.4) is 0 Å². The molecule has 7 nitrogen and oxygen atoms in total. The lowest BCUT2D eigenvalue weighted by molar-refractivity contribution is -0.116. The van der Waals surface area contributed by atoms with Crippen molar-refractivity contribution in [3.63, 3.8) is 0 Å². The number of nitrogens with one attached hydrogen (secondary N) is 1. The van der Waals surface area contributed by atoms with E-state index in [4.69, 9.17) is 9.56 Å². The van der Waals surface area contributed by atoms with E-state index in [-0.39, 0.29) is 35.0 Å². The Morgan fingerprint density at radius 3 is 2.63 bits per heavy atom. The highest BCUT2D eigenvalue weighted by atomic mass is 32.2. The number of nitrogens with zero attached hydrogens (tertiary/aromatic N) is 1. The van der Waals surface area contributed by atoms with Crippen LogP contribution in [-0.2, 0) is 27.7 Å². The lowest BCUT2D eigenvalue weighted by Crippen LogP contribution is -2.16. The second-order valence-corrected chi connectivity index (χ2v) is 8.04. The van der Waals surface area contributed by atoms with Crippen LogP contribution in [-0.4, -0.2) is 19.3 Å². The van der Waals surface area contributed by atoms with E-state index >= 15 is 0 Å². The fourth-order valence-corrected chi connectivity index (χ4v) is 3.74. The molecule has 0 atom stereocenters. The quantitative estimate of drug-likeness (QED) is 0.590. The van der Waals surface area contributed by atoms with Crippen LogP contribution in [0.25, 0.3) is 11.3 Å². The molecule has 0 unspecified atom stereocenters. The van der Waals surface area contributed by atoms with Crippen molar-refractivity contribution in [2.24, 2.45) is 5.14 Å². The number of aromatic nitrogens is 1. The maximum Gasteiger partial charge on any atom is 0.238 e. The highest BCUT2D eigenvalue weighted by molar-refractivity contribution is 7.89. The van der Waals surface area contributed by atoms with Gasteiger partial charge < -0.3 is 9.73 Å².